The van der Waals surface area contributed by atoms with Crippen LogP contribution in [0.5, 0.6) is 0 Å². The fraction of sp³-hybridized carbons (Fsp3) is 0.0769. The summed E-state index contributed by atoms with van der Waals surface area (Å²) in [6.07, 6.45) is 1.70. The van der Waals surface area contributed by atoms with Crippen LogP contribution in [0.25, 0.3) is 16.8 Å². The average Bonchev–Trinajstić information content (AvgIpc) is 2.71. The van der Waals surface area contributed by atoms with Crippen LogP contribution in [0.3, 0.4) is 0 Å². The molecule has 3 rings (SSSR count). The molecule has 0 atom stereocenters. The number of anilines is 1. The molecule has 0 amide bonds. The summed E-state index contributed by atoms with van der Waals surface area (Å²) < 4.78 is 27.7. The Labute approximate surface area is 107 Å². The first kappa shape index (κ1) is 11.6. The Kier molecular flexibility index (Phi) is 2.45. The van der Waals surface area contributed by atoms with E-state index in [1.54, 1.807) is 12.3 Å². The van der Waals surface area contributed by atoms with Gasteiger partial charge in [0.1, 0.15) is 0 Å². The third-order valence-corrected chi connectivity index (χ3v) is 2.93. The number of hydrogen-bond donors (Lipinski definition) is 1. The topological polar surface area (TPSA) is 56.2 Å². The van der Waals surface area contributed by atoms with Gasteiger partial charge < -0.3 is 5.73 Å². The van der Waals surface area contributed by atoms with E-state index in [-0.39, 0.29) is 5.95 Å². The molecular formula is C13H10F2N4. The summed E-state index contributed by atoms with van der Waals surface area (Å²) in [6.45, 7) is 1.86. The molecule has 6 heteroatoms. The third-order valence-electron chi connectivity index (χ3n) is 2.93. The SMILES string of the molecule is Cc1cc2nc(N)nn2cc1-c1ccc(F)c(F)c1. The maximum Gasteiger partial charge on any atom is 0.240 e. The lowest BCUT2D eigenvalue weighted by Crippen LogP contribution is -1.94. The third kappa shape index (κ3) is 1.91. The number of benzene rings is 1. The quantitative estimate of drug-likeness (QED) is 0.731. The molecule has 4 nitrogen and oxygen atoms in total. The molecule has 0 bridgehead atoms. The van der Waals surface area contributed by atoms with Crippen molar-refractivity contribution in [2.75, 3.05) is 5.73 Å². The molecule has 3 aromatic rings. The fourth-order valence-corrected chi connectivity index (χ4v) is 2.01. The molecule has 0 aliphatic heterocycles. The fourth-order valence-electron chi connectivity index (χ4n) is 2.01. The van der Waals surface area contributed by atoms with E-state index < -0.39 is 11.6 Å². The number of nitrogens with zero attached hydrogens (tertiary/aromatic N) is 3. The van der Waals surface area contributed by atoms with Crippen LogP contribution in [0.1, 0.15) is 5.56 Å². The highest BCUT2D eigenvalue weighted by molar-refractivity contribution is 5.68. The first-order chi connectivity index (χ1) is 9.04. The Balaban J connectivity index is 2.23. The number of hydrogen-bond acceptors (Lipinski definition) is 3. The zero-order chi connectivity index (χ0) is 13.6. The number of nitrogen functional groups attached to an aromatic ring is 1. The van der Waals surface area contributed by atoms with E-state index in [1.807, 2.05) is 6.92 Å². The Morgan fingerprint density at radius 3 is 2.68 bits per heavy atom. The van der Waals surface area contributed by atoms with E-state index in [1.165, 1.54) is 10.6 Å². The number of rotatable bonds is 1. The van der Waals surface area contributed by atoms with Crippen molar-refractivity contribution < 1.29 is 8.78 Å². The molecule has 0 aliphatic carbocycles. The summed E-state index contributed by atoms with van der Waals surface area (Å²) in [5, 5.41) is 4.00. The number of nitrogens with two attached hydrogens (primary N) is 1. The first-order valence-corrected chi connectivity index (χ1v) is 5.62. The lowest BCUT2D eigenvalue weighted by Gasteiger charge is -2.07. The molecular weight excluding hydrogens is 250 g/mol. The summed E-state index contributed by atoms with van der Waals surface area (Å²) in [6, 6.07) is 5.57. The molecule has 0 aliphatic rings. The molecule has 2 N–H and O–H groups in total. The average molecular weight is 260 g/mol. The predicted molar refractivity (Wildman–Crippen MR) is 67.5 cm³/mol. The van der Waals surface area contributed by atoms with Gasteiger partial charge in [-0.3, -0.25) is 0 Å². The van der Waals surface area contributed by atoms with Crippen LogP contribution in [-0.4, -0.2) is 14.6 Å². The second-order valence-electron chi connectivity index (χ2n) is 4.27. The Hall–Kier alpha value is -2.50. The van der Waals surface area contributed by atoms with Crippen molar-refractivity contribution in [2.45, 2.75) is 6.92 Å². The van der Waals surface area contributed by atoms with Gasteiger partial charge in [-0.15, -0.1) is 5.10 Å². The Morgan fingerprint density at radius 2 is 1.95 bits per heavy atom. The molecule has 96 valence electrons. The maximum absolute atomic E-state index is 13.3. The molecule has 0 saturated carbocycles. The van der Waals surface area contributed by atoms with Crippen LogP contribution in [0.15, 0.2) is 30.5 Å². The van der Waals surface area contributed by atoms with E-state index in [4.69, 9.17) is 5.73 Å². The van der Waals surface area contributed by atoms with Gasteiger partial charge in [0, 0.05) is 11.8 Å². The summed E-state index contributed by atoms with van der Waals surface area (Å²) in [4.78, 5) is 4.04. The van der Waals surface area contributed by atoms with Crippen LogP contribution < -0.4 is 5.73 Å². The van der Waals surface area contributed by atoms with Crippen LogP contribution in [0, 0.1) is 18.6 Å². The number of aromatic nitrogens is 3. The van der Waals surface area contributed by atoms with Crippen LogP contribution in [0.4, 0.5) is 14.7 Å². The van der Waals surface area contributed by atoms with E-state index in [0.717, 1.165) is 23.3 Å². The lowest BCUT2D eigenvalue weighted by molar-refractivity contribution is 0.509. The van der Waals surface area contributed by atoms with Gasteiger partial charge in [0.15, 0.2) is 17.3 Å². The van der Waals surface area contributed by atoms with Crippen LogP contribution in [0.2, 0.25) is 0 Å². The molecule has 0 spiro atoms. The molecule has 1 aromatic carbocycles. The van der Waals surface area contributed by atoms with Gasteiger partial charge in [-0.2, -0.15) is 4.98 Å². The molecule has 0 radical (unpaired) electrons. The number of aryl methyl sites for hydroxylation is 1. The lowest BCUT2D eigenvalue weighted by atomic mass is 10.0. The first-order valence-electron chi connectivity index (χ1n) is 5.62. The zero-order valence-electron chi connectivity index (χ0n) is 10.1. The Bertz CT molecular complexity index is 780. The van der Waals surface area contributed by atoms with Crippen molar-refractivity contribution in [1.29, 1.82) is 0 Å². The maximum atomic E-state index is 13.3. The number of pyridine rings is 1. The zero-order valence-corrected chi connectivity index (χ0v) is 10.1. The van der Waals surface area contributed by atoms with Crippen LogP contribution >= 0.6 is 0 Å². The van der Waals surface area contributed by atoms with Gasteiger partial charge in [-0.1, -0.05) is 6.07 Å². The highest BCUT2D eigenvalue weighted by Gasteiger charge is 2.09. The normalized spacial score (nSPS) is 11.1. The standard InChI is InChI=1S/C13H10F2N4/c1-7-4-12-17-13(16)18-19(12)6-9(7)8-2-3-10(14)11(15)5-8/h2-6H,1H3,(H2,16,18). The summed E-state index contributed by atoms with van der Waals surface area (Å²) in [5.41, 5.74) is 8.34. The Morgan fingerprint density at radius 1 is 1.16 bits per heavy atom. The predicted octanol–water partition coefficient (Wildman–Crippen LogP) is 2.57. The largest absolute Gasteiger partial charge is 0.366 e. The minimum Gasteiger partial charge on any atom is -0.366 e. The van der Waals surface area contributed by atoms with Crippen LogP contribution in [-0.2, 0) is 0 Å². The smallest absolute Gasteiger partial charge is 0.240 e. The summed E-state index contributed by atoms with van der Waals surface area (Å²) in [7, 11) is 0. The minimum absolute atomic E-state index is 0.168. The highest BCUT2D eigenvalue weighted by Crippen LogP contribution is 2.25. The highest BCUT2D eigenvalue weighted by atomic mass is 19.2. The minimum atomic E-state index is -0.880. The second-order valence-corrected chi connectivity index (χ2v) is 4.27. The van der Waals surface area contributed by atoms with Crippen molar-refractivity contribution in [2.24, 2.45) is 0 Å². The van der Waals surface area contributed by atoms with E-state index in [9.17, 15) is 8.78 Å². The van der Waals surface area contributed by atoms with Gasteiger partial charge in [-0.05, 0) is 36.2 Å². The van der Waals surface area contributed by atoms with Gasteiger partial charge >= 0.3 is 0 Å². The van der Waals surface area contributed by atoms with Gasteiger partial charge in [-0.25, -0.2) is 13.3 Å². The van der Waals surface area contributed by atoms with Crippen molar-refractivity contribution in [1.82, 2.24) is 14.6 Å². The molecule has 2 heterocycles. The van der Waals surface area contributed by atoms with E-state index in [0.29, 0.717) is 11.2 Å². The number of halogens is 2. The summed E-state index contributed by atoms with van der Waals surface area (Å²) in [5.74, 6) is -1.58. The molecule has 2 aromatic heterocycles. The van der Waals surface area contributed by atoms with E-state index in [2.05, 4.69) is 10.1 Å². The molecule has 19 heavy (non-hydrogen) atoms. The number of fused-ring (bicyclic) bond motifs is 1. The van der Waals surface area contributed by atoms with Gasteiger partial charge in [0.25, 0.3) is 0 Å². The molecule has 0 saturated heterocycles. The summed E-state index contributed by atoms with van der Waals surface area (Å²) >= 11 is 0. The van der Waals surface area contributed by atoms with Crippen molar-refractivity contribution >= 4 is 11.6 Å². The van der Waals surface area contributed by atoms with Gasteiger partial charge in [0.2, 0.25) is 5.95 Å². The van der Waals surface area contributed by atoms with Gasteiger partial charge in [0.05, 0.1) is 0 Å². The van der Waals surface area contributed by atoms with Crippen molar-refractivity contribution in [3.63, 3.8) is 0 Å². The van der Waals surface area contributed by atoms with E-state index >= 15 is 0 Å². The second kappa shape index (κ2) is 4.01. The van der Waals surface area contributed by atoms with Crippen molar-refractivity contribution in [3.05, 3.63) is 47.7 Å². The monoisotopic (exact) mass is 260 g/mol. The molecule has 0 unspecified atom stereocenters. The molecule has 0 fully saturated rings. The van der Waals surface area contributed by atoms with Crippen molar-refractivity contribution in [3.8, 4) is 11.1 Å².